The molecule has 3 aromatic rings. The first kappa shape index (κ1) is 13.2. The highest BCUT2D eigenvalue weighted by Gasteiger charge is 2.11. The average molecular weight is 284 g/mol. The highest BCUT2D eigenvalue weighted by atomic mass is 19.1. The maximum absolute atomic E-state index is 12.9. The summed E-state index contributed by atoms with van der Waals surface area (Å²) in [7, 11) is 1.59. The fourth-order valence-electron chi connectivity index (χ4n) is 2.05. The fraction of sp³-hybridized carbons (Fsp3) is 0.0625. The molecule has 0 bridgehead atoms. The van der Waals surface area contributed by atoms with E-state index in [0.29, 0.717) is 11.4 Å². The van der Waals surface area contributed by atoms with Gasteiger partial charge in [0.2, 0.25) is 0 Å². The number of hydrogen-bond acceptors (Lipinski definition) is 3. The van der Waals surface area contributed by atoms with E-state index >= 15 is 0 Å². The van der Waals surface area contributed by atoms with Crippen LogP contribution in [0.15, 0.2) is 54.7 Å². The molecule has 3 rings (SSSR count). The van der Waals surface area contributed by atoms with Gasteiger partial charge in [-0.1, -0.05) is 0 Å². The third kappa shape index (κ3) is 2.58. The van der Waals surface area contributed by atoms with E-state index in [0.717, 1.165) is 11.3 Å². The van der Waals surface area contributed by atoms with Crippen molar-refractivity contribution in [3.63, 3.8) is 0 Å². The Balaban J connectivity index is 1.98. The number of aromatic nitrogens is 2. The molecule has 2 aromatic carbocycles. The number of nitrogens with zero attached hydrogens (tertiary/aromatic N) is 2. The molecule has 0 aliphatic rings. The van der Waals surface area contributed by atoms with Gasteiger partial charge in [-0.15, -0.1) is 0 Å². The average Bonchev–Trinajstić information content (AvgIpc) is 2.90. The van der Waals surface area contributed by atoms with Gasteiger partial charge in [0, 0.05) is 5.56 Å². The van der Waals surface area contributed by atoms with E-state index in [1.807, 2.05) is 12.1 Å². The number of rotatable bonds is 3. The van der Waals surface area contributed by atoms with Gasteiger partial charge in [-0.25, -0.2) is 9.07 Å². The lowest BCUT2D eigenvalue weighted by Gasteiger charge is -2.02. The zero-order valence-electron chi connectivity index (χ0n) is 11.3. The highest BCUT2D eigenvalue weighted by molar-refractivity contribution is 5.66. The Bertz CT molecular complexity index is 749. The quantitative estimate of drug-likeness (QED) is 0.802. The number of methoxy groups -OCH3 is 1. The number of hydrogen-bond donors (Lipinski definition) is 1. The standard InChI is InChI=1S/C16H13FN2O2/c1-21-14-8-2-11(3-9-14)16-15(20)10-19(18-16)13-6-4-12(17)5-7-13/h2-10,20H,1H3. The summed E-state index contributed by atoms with van der Waals surface area (Å²) in [6, 6.07) is 13.1. The minimum Gasteiger partial charge on any atom is -0.504 e. The van der Waals surface area contributed by atoms with Crippen molar-refractivity contribution in [2.24, 2.45) is 0 Å². The number of aromatic hydroxyl groups is 1. The second-order valence-electron chi connectivity index (χ2n) is 4.51. The molecule has 0 amide bonds. The lowest BCUT2D eigenvalue weighted by atomic mass is 10.1. The van der Waals surface area contributed by atoms with Crippen molar-refractivity contribution in [1.82, 2.24) is 9.78 Å². The Morgan fingerprint density at radius 3 is 2.33 bits per heavy atom. The van der Waals surface area contributed by atoms with E-state index in [4.69, 9.17) is 4.74 Å². The monoisotopic (exact) mass is 284 g/mol. The van der Waals surface area contributed by atoms with Gasteiger partial charge in [0.15, 0.2) is 5.75 Å². The third-order valence-corrected chi connectivity index (χ3v) is 3.15. The lowest BCUT2D eigenvalue weighted by molar-refractivity contribution is 0.415. The van der Waals surface area contributed by atoms with Gasteiger partial charge in [0.25, 0.3) is 0 Å². The molecule has 0 unspecified atom stereocenters. The van der Waals surface area contributed by atoms with Crippen LogP contribution in [0.4, 0.5) is 4.39 Å². The lowest BCUT2D eigenvalue weighted by Crippen LogP contribution is -1.94. The first-order valence-electron chi connectivity index (χ1n) is 6.36. The van der Waals surface area contributed by atoms with Gasteiger partial charge in [-0.05, 0) is 48.5 Å². The van der Waals surface area contributed by atoms with Gasteiger partial charge in [0.1, 0.15) is 17.3 Å². The fourth-order valence-corrected chi connectivity index (χ4v) is 2.05. The molecular weight excluding hydrogens is 271 g/mol. The van der Waals surface area contributed by atoms with Crippen molar-refractivity contribution in [3.8, 4) is 28.4 Å². The molecule has 5 heteroatoms. The molecule has 0 aliphatic carbocycles. The van der Waals surface area contributed by atoms with Crippen LogP contribution in [0.5, 0.6) is 11.5 Å². The van der Waals surface area contributed by atoms with Crippen molar-refractivity contribution >= 4 is 0 Å². The summed E-state index contributed by atoms with van der Waals surface area (Å²) in [5.74, 6) is 0.478. The minimum absolute atomic E-state index is 0.0597. The molecule has 4 nitrogen and oxygen atoms in total. The Kier molecular flexibility index (Phi) is 3.31. The van der Waals surface area contributed by atoms with Crippen LogP contribution in [0.3, 0.4) is 0 Å². The Morgan fingerprint density at radius 1 is 1.05 bits per heavy atom. The van der Waals surface area contributed by atoms with Crippen molar-refractivity contribution < 1.29 is 14.2 Å². The third-order valence-electron chi connectivity index (χ3n) is 3.15. The molecular formula is C16H13FN2O2. The Hall–Kier alpha value is -2.82. The largest absolute Gasteiger partial charge is 0.504 e. The molecule has 1 N–H and O–H groups in total. The molecule has 0 saturated carbocycles. The van der Waals surface area contributed by atoms with Crippen molar-refractivity contribution in [2.75, 3.05) is 7.11 Å². The predicted molar refractivity (Wildman–Crippen MR) is 77.2 cm³/mol. The summed E-state index contributed by atoms with van der Waals surface area (Å²) in [5.41, 5.74) is 1.91. The summed E-state index contributed by atoms with van der Waals surface area (Å²) in [6.07, 6.45) is 1.49. The molecule has 0 spiro atoms. The summed E-state index contributed by atoms with van der Waals surface area (Å²) in [6.45, 7) is 0. The van der Waals surface area contributed by atoms with Crippen LogP contribution in [-0.4, -0.2) is 22.0 Å². The Labute approximate surface area is 121 Å². The van der Waals surface area contributed by atoms with Crippen LogP contribution in [0.1, 0.15) is 0 Å². The van der Waals surface area contributed by atoms with Gasteiger partial charge in [-0.3, -0.25) is 0 Å². The second kappa shape index (κ2) is 5.28. The van der Waals surface area contributed by atoms with Crippen molar-refractivity contribution in [1.29, 1.82) is 0 Å². The molecule has 106 valence electrons. The van der Waals surface area contributed by atoms with Crippen LogP contribution in [-0.2, 0) is 0 Å². The molecule has 0 saturated heterocycles. The normalized spacial score (nSPS) is 10.6. The van der Waals surface area contributed by atoms with Crippen molar-refractivity contribution in [2.45, 2.75) is 0 Å². The molecule has 0 aliphatic heterocycles. The van der Waals surface area contributed by atoms with Gasteiger partial charge in [0.05, 0.1) is 19.0 Å². The summed E-state index contributed by atoms with van der Waals surface area (Å²) in [4.78, 5) is 0. The van der Waals surface area contributed by atoms with E-state index in [9.17, 15) is 9.50 Å². The van der Waals surface area contributed by atoms with Crippen LogP contribution in [0.2, 0.25) is 0 Å². The SMILES string of the molecule is COc1ccc(-c2nn(-c3ccc(F)cc3)cc2O)cc1. The van der Waals surface area contributed by atoms with Crippen LogP contribution in [0, 0.1) is 5.82 Å². The molecule has 0 fully saturated rings. The maximum Gasteiger partial charge on any atom is 0.162 e. The van der Waals surface area contributed by atoms with Gasteiger partial charge < -0.3 is 9.84 Å². The molecule has 0 atom stereocenters. The van der Waals surface area contributed by atoms with Gasteiger partial charge in [-0.2, -0.15) is 5.10 Å². The smallest absolute Gasteiger partial charge is 0.162 e. The molecule has 1 heterocycles. The zero-order chi connectivity index (χ0) is 14.8. The van der Waals surface area contributed by atoms with E-state index in [1.54, 1.807) is 31.4 Å². The van der Waals surface area contributed by atoms with E-state index in [-0.39, 0.29) is 11.6 Å². The molecule has 1 aromatic heterocycles. The molecule has 0 radical (unpaired) electrons. The maximum atomic E-state index is 12.9. The topological polar surface area (TPSA) is 47.3 Å². The highest BCUT2D eigenvalue weighted by Crippen LogP contribution is 2.29. The zero-order valence-corrected chi connectivity index (χ0v) is 11.3. The van der Waals surface area contributed by atoms with Crippen molar-refractivity contribution in [3.05, 3.63) is 60.5 Å². The van der Waals surface area contributed by atoms with Crippen LogP contribution >= 0.6 is 0 Å². The van der Waals surface area contributed by atoms with Crippen LogP contribution in [0.25, 0.3) is 16.9 Å². The Morgan fingerprint density at radius 2 is 1.71 bits per heavy atom. The first-order valence-corrected chi connectivity index (χ1v) is 6.36. The summed E-state index contributed by atoms with van der Waals surface area (Å²) < 4.78 is 19.5. The van der Waals surface area contributed by atoms with E-state index < -0.39 is 0 Å². The number of benzene rings is 2. The van der Waals surface area contributed by atoms with E-state index in [2.05, 4.69) is 5.10 Å². The number of halogens is 1. The minimum atomic E-state index is -0.314. The van der Waals surface area contributed by atoms with E-state index in [1.165, 1.54) is 23.0 Å². The van der Waals surface area contributed by atoms with Gasteiger partial charge >= 0.3 is 0 Å². The van der Waals surface area contributed by atoms with Crippen LogP contribution < -0.4 is 4.74 Å². The summed E-state index contributed by atoms with van der Waals surface area (Å²) >= 11 is 0. The first-order chi connectivity index (χ1) is 10.2. The number of ether oxygens (including phenoxy) is 1. The summed E-state index contributed by atoms with van der Waals surface area (Å²) in [5, 5.41) is 14.4. The molecule has 21 heavy (non-hydrogen) atoms. The predicted octanol–water partition coefficient (Wildman–Crippen LogP) is 3.39. The second-order valence-corrected chi connectivity index (χ2v) is 4.51.